The second-order valence-electron chi connectivity index (χ2n) is 5.67. The molecule has 1 N–H and O–H groups in total. The van der Waals surface area contributed by atoms with Gasteiger partial charge in [0.05, 0.1) is 18.0 Å². The van der Waals surface area contributed by atoms with Gasteiger partial charge in [0.1, 0.15) is 0 Å². The standard InChI is InChI=1S/C19H19N3O2S/c1-14(23)20-16-7-9-17(10-8-16)25-13-19(24)22-12-11-18(21-22)15-5-3-2-4-6-15/h2-10H,11-13H2,1H3,(H,20,23). The van der Waals surface area contributed by atoms with Crippen molar-refractivity contribution in [2.45, 2.75) is 18.2 Å². The first-order valence-electron chi connectivity index (χ1n) is 8.05. The van der Waals surface area contributed by atoms with E-state index in [2.05, 4.69) is 10.4 Å². The van der Waals surface area contributed by atoms with Gasteiger partial charge in [0, 0.05) is 23.9 Å². The first kappa shape index (κ1) is 17.2. The zero-order valence-electron chi connectivity index (χ0n) is 13.9. The Balaban J connectivity index is 1.54. The molecule has 2 aromatic carbocycles. The second-order valence-corrected chi connectivity index (χ2v) is 6.72. The minimum atomic E-state index is -0.100. The summed E-state index contributed by atoms with van der Waals surface area (Å²) in [5.74, 6) is 0.240. The van der Waals surface area contributed by atoms with Crippen molar-refractivity contribution in [1.82, 2.24) is 5.01 Å². The molecule has 0 spiro atoms. The molecule has 1 heterocycles. The lowest BCUT2D eigenvalue weighted by Crippen LogP contribution is -2.25. The molecular formula is C19H19N3O2S. The van der Waals surface area contributed by atoms with Crippen LogP contribution in [0.15, 0.2) is 64.6 Å². The quantitative estimate of drug-likeness (QED) is 0.838. The Bertz CT molecular complexity index is 788. The molecular weight excluding hydrogens is 334 g/mol. The summed E-state index contributed by atoms with van der Waals surface area (Å²) in [6.07, 6.45) is 0.784. The van der Waals surface area contributed by atoms with E-state index in [4.69, 9.17) is 0 Å². The molecule has 1 aliphatic rings. The zero-order chi connectivity index (χ0) is 17.6. The van der Waals surface area contributed by atoms with Gasteiger partial charge in [-0.1, -0.05) is 30.3 Å². The van der Waals surface area contributed by atoms with Gasteiger partial charge in [0.2, 0.25) is 5.91 Å². The molecule has 0 saturated heterocycles. The highest BCUT2D eigenvalue weighted by Gasteiger charge is 2.21. The largest absolute Gasteiger partial charge is 0.326 e. The molecule has 25 heavy (non-hydrogen) atoms. The number of benzene rings is 2. The van der Waals surface area contributed by atoms with Crippen molar-refractivity contribution in [3.63, 3.8) is 0 Å². The molecule has 0 bridgehead atoms. The van der Waals surface area contributed by atoms with Crippen LogP contribution in [-0.2, 0) is 9.59 Å². The predicted molar refractivity (Wildman–Crippen MR) is 101 cm³/mol. The van der Waals surface area contributed by atoms with E-state index in [1.165, 1.54) is 18.7 Å². The Labute approximate surface area is 151 Å². The van der Waals surface area contributed by atoms with Crippen molar-refractivity contribution in [2.75, 3.05) is 17.6 Å². The van der Waals surface area contributed by atoms with E-state index in [9.17, 15) is 9.59 Å². The normalized spacial score (nSPS) is 13.5. The molecule has 0 fully saturated rings. The van der Waals surface area contributed by atoms with Gasteiger partial charge in [-0.2, -0.15) is 5.10 Å². The van der Waals surface area contributed by atoms with Gasteiger partial charge >= 0.3 is 0 Å². The Hall–Kier alpha value is -2.60. The Kier molecular flexibility index (Phi) is 5.50. The van der Waals surface area contributed by atoms with Crippen LogP contribution < -0.4 is 5.32 Å². The fourth-order valence-electron chi connectivity index (χ4n) is 2.53. The first-order valence-corrected chi connectivity index (χ1v) is 9.04. The number of nitrogens with one attached hydrogen (secondary N) is 1. The number of nitrogens with zero attached hydrogens (tertiary/aromatic N) is 2. The maximum Gasteiger partial charge on any atom is 0.253 e. The minimum Gasteiger partial charge on any atom is -0.326 e. The maximum atomic E-state index is 12.3. The van der Waals surface area contributed by atoms with Crippen LogP contribution in [0, 0.1) is 0 Å². The monoisotopic (exact) mass is 353 g/mol. The predicted octanol–water partition coefficient (Wildman–Crippen LogP) is 3.37. The van der Waals surface area contributed by atoms with Crippen molar-refractivity contribution in [2.24, 2.45) is 5.10 Å². The summed E-state index contributed by atoms with van der Waals surface area (Å²) in [6, 6.07) is 17.4. The minimum absolute atomic E-state index is 0.00173. The third-order valence-electron chi connectivity index (χ3n) is 3.73. The molecule has 0 atom stereocenters. The van der Waals surface area contributed by atoms with Crippen molar-refractivity contribution >= 4 is 35.0 Å². The van der Waals surface area contributed by atoms with Gasteiger partial charge in [0.15, 0.2) is 0 Å². The summed E-state index contributed by atoms with van der Waals surface area (Å²) >= 11 is 1.47. The lowest BCUT2D eigenvalue weighted by Gasteiger charge is -2.11. The van der Waals surface area contributed by atoms with Crippen LogP contribution in [-0.4, -0.2) is 34.8 Å². The molecule has 6 heteroatoms. The number of hydrazone groups is 1. The van der Waals surface area contributed by atoms with Crippen molar-refractivity contribution in [3.8, 4) is 0 Å². The SMILES string of the molecule is CC(=O)Nc1ccc(SCC(=O)N2CCC(c3ccccc3)=N2)cc1. The highest BCUT2D eigenvalue weighted by Crippen LogP contribution is 2.22. The maximum absolute atomic E-state index is 12.3. The van der Waals surface area contributed by atoms with Gasteiger partial charge in [-0.25, -0.2) is 5.01 Å². The second kappa shape index (κ2) is 7.98. The van der Waals surface area contributed by atoms with Crippen LogP contribution in [0.3, 0.4) is 0 Å². The van der Waals surface area contributed by atoms with Crippen molar-refractivity contribution in [1.29, 1.82) is 0 Å². The number of carbonyl (C=O) groups excluding carboxylic acids is 2. The number of hydrogen-bond donors (Lipinski definition) is 1. The summed E-state index contributed by atoms with van der Waals surface area (Å²) in [7, 11) is 0. The van der Waals surface area contributed by atoms with Crippen molar-refractivity contribution in [3.05, 3.63) is 60.2 Å². The molecule has 2 amide bonds. The average Bonchev–Trinajstić information content (AvgIpc) is 3.11. The van der Waals surface area contributed by atoms with Crippen LogP contribution in [0.2, 0.25) is 0 Å². The Morgan fingerprint density at radius 3 is 2.52 bits per heavy atom. The van der Waals surface area contributed by atoms with Gasteiger partial charge in [-0.05, 0) is 29.8 Å². The molecule has 0 unspecified atom stereocenters. The third kappa shape index (κ3) is 4.70. The molecule has 0 radical (unpaired) electrons. The molecule has 1 aliphatic heterocycles. The highest BCUT2D eigenvalue weighted by atomic mass is 32.2. The van der Waals surface area contributed by atoms with Crippen molar-refractivity contribution < 1.29 is 9.59 Å². The molecule has 128 valence electrons. The fourth-order valence-corrected chi connectivity index (χ4v) is 3.30. The van der Waals surface area contributed by atoms with E-state index in [0.717, 1.165) is 28.3 Å². The van der Waals surface area contributed by atoms with E-state index in [-0.39, 0.29) is 11.8 Å². The third-order valence-corrected chi connectivity index (χ3v) is 4.73. The lowest BCUT2D eigenvalue weighted by atomic mass is 10.1. The number of thioether (sulfide) groups is 1. The summed E-state index contributed by atoms with van der Waals surface area (Å²) in [5, 5.41) is 8.73. The number of carbonyl (C=O) groups is 2. The van der Waals surface area contributed by atoms with Crippen LogP contribution >= 0.6 is 11.8 Å². The fraction of sp³-hybridized carbons (Fsp3) is 0.211. The number of hydrogen-bond acceptors (Lipinski definition) is 4. The first-order chi connectivity index (χ1) is 12.1. The highest BCUT2D eigenvalue weighted by molar-refractivity contribution is 8.00. The average molecular weight is 353 g/mol. The topological polar surface area (TPSA) is 61.8 Å². The molecule has 0 saturated carbocycles. The Morgan fingerprint density at radius 2 is 1.84 bits per heavy atom. The van der Waals surface area contributed by atoms with Gasteiger partial charge in [-0.3, -0.25) is 9.59 Å². The van der Waals surface area contributed by atoms with Gasteiger partial charge < -0.3 is 5.32 Å². The number of rotatable bonds is 5. The van der Waals surface area contributed by atoms with Crippen LogP contribution in [0.25, 0.3) is 0 Å². The lowest BCUT2D eigenvalue weighted by molar-refractivity contribution is -0.127. The molecule has 0 aliphatic carbocycles. The Morgan fingerprint density at radius 1 is 1.12 bits per heavy atom. The smallest absolute Gasteiger partial charge is 0.253 e. The van der Waals surface area contributed by atoms with Gasteiger partial charge in [0.25, 0.3) is 5.91 Å². The number of amides is 2. The van der Waals surface area contributed by atoms with Crippen LogP contribution in [0.4, 0.5) is 5.69 Å². The molecule has 5 nitrogen and oxygen atoms in total. The van der Waals surface area contributed by atoms with E-state index in [0.29, 0.717) is 12.3 Å². The van der Waals surface area contributed by atoms with Crippen LogP contribution in [0.1, 0.15) is 18.9 Å². The zero-order valence-corrected chi connectivity index (χ0v) is 14.8. The molecule has 0 aromatic heterocycles. The molecule has 2 aromatic rings. The summed E-state index contributed by atoms with van der Waals surface area (Å²) in [6.45, 7) is 2.10. The summed E-state index contributed by atoms with van der Waals surface area (Å²) < 4.78 is 0. The van der Waals surface area contributed by atoms with E-state index in [1.54, 1.807) is 5.01 Å². The van der Waals surface area contributed by atoms with Crippen LogP contribution in [0.5, 0.6) is 0 Å². The van der Waals surface area contributed by atoms with E-state index >= 15 is 0 Å². The van der Waals surface area contributed by atoms with E-state index < -0.39 is 0 Å². The number of anilines is 1. The van der Waals surface area contributed by atoms with Gasteiger partial charge in [-0.15, -0.1) is 11.8 Å². The van der Waals surface area contributed by atoms with E-state index in [1.807, 2.05) is 54.6 Å². The summed E-state index contributed by atoms with van der Waals surface area (Å²) in [4.78, 5) is 24.3. The molecule has 3 rings (SSSR count). The summed E-state index contributed by atoms with van der Waals surface area (Å²) in [5.41, 5.74) is 2.78.